The third-order valence-electron chi connectivity index (χ3n) is 2.93. The summed E-state index contributed by atoms with van der Waals surface area (Å²) in [7, 11) is 0. The molecule has 2 aromatic rings. The van der Waals surface area contributed by atoms with Crippen LogP contribution in [0.15, 0.2) is 66.7 Å². The van der Waals surface area contributed by atoms with Crippen LogP contribution in [-0.2, 0) is 9.59 Å². The molecule has 2 rings (SSSR count). The van der Waals surface area contributed by atoms with Crippen LogP contribution in [0.5, 0.6) is 0 Å². The van der Waals surface area contributed by atoms with Crippen LogP contribution in [0, 0.1) is 0 Å². The van der Waals surface area contributed by atoms with Crippen molar-refractivity contribution in [3.05, 3.63) is 72.3 Å². The highest BCUT2D eigenvalue weighted by atomic mass is 16.4. The molecule has 0 heterocycles. The van der Waals surface area contributed by atoms with Gasteiger partial charge in [-0.2, -0.15) is 0 Å². The molecule has 0 aromatic heterocycles. The van der Waals surface area contributed by atoms with E-state index < -0.39 is 17.8 Å². The van der Waals surface area contributed by atoms with Gasteiger partial charge in [0, 0.05) is 17.7 Å². The van der Waals surface area contributed by atoms with Crippen molar-refractivity contribution in [2.75, 3.05) is 0 Å². The molecule has 2 aromatic carbocycles. The molecule has 0 aliphatic carbocycles. The Labute approximate surface area is 132 Å². The fourth-order valence-electron chi connectivity index (χ4n) is 1.82. The van der Waals surface area contributed by atoms with E-state index in [2.05, 4.69) is 10.9 Å². The first-order valence-electron chi connectivity index (χ1n) is 6.73. The summed E-state index contributed by atoms with van der Waals surface area (Å²) in [4.78, 5) is 33.4. The summed E-state index contributed by atoms with van der Waals surface area (Å²) >= 11 is 0. The second-order valence-electron chi connectivity index (χ2n) is 4.56. The zero-order chi connectivity index (χ0) is 16.7. The molecular formula is C17H14N2O4. The molecular weight excluding hydrogens is 296 g/mol. The van der Waals surface area contributed by atoms with Gasteiger partial charge in [-0.1, -0.05) is 42.5 Å². The highest BCUT2D eigenvalue weighted by Crippen LogP contribution is 2.19. The number of rotatable bonds is 4. The lowest BCUT2D eigenvalue weighted by Crippen LogP contribution is -2.40. The number of aliphatic carboxylic acids is 1. The van der Waals surface area contributed by atoms with Crippen molar-refractivity contribution in [1.29, 1.82) is 0 Å². The average molecular weight is 310 g/mol. The standard InChI is InChI=1S/C17H14N2O4/c20-15(10-11-16(21)22)18-19-17(23)14-8-6-13(7-9-14)12-4-2-1-3-5-12/h1-11H,(H,18,20)(H,19,23)(H,21,22). The summed E-state index contributed by atoms with van der Waals surface area (Å²) in [6, 6.07) is 16.6. The number of carbonyl (C=O) groups is 3. The van der Waals surface area contributed by atoms with Crippen LogP contribution >= 0.6 is 0 Å². The van der Waals surface area contributed by atoms with Gasteiger partial charge in [0.15, 0.2) is 0 Å². The Morgan fingerprint density at radius 2 is 1.39 bits per heavy atom. The number of hydrogen-bond acceptors (Lipinski definition) is 3. The van der Waals surface area contributed by atoms with Crippen molar-refractivity contribution in [1.82, 2.24) is 10.9 Å². The number of hydrazine groups is 1. The van der Waals surface area contributed by atoms with Gasteiger partial charge in [-0.25, -0.2) is 4.79 Å². The maximum absolute atomic E-state index is 11.9. The molecule has 6 nitrogen and oxygen atoms in total. The van der Waals surface area contributed by atoms with Gasteiger partial charge >= 0.3 is 5.97 Å². The third-order valence-corrected chi connectivity index (χ3v) is 2.93. The number of carboxylic acid groups (broad SMARTS) is 1. The molecule has 0 bridgehead atoms. The summed E-state index contributed by atoms with van der Waals surface area (Å²) in [5, 5.41) is 8.38. The van der Waals surface area contributed by atoms with Gasteiger partial charge in [-0.05, 0) is 23.3 Å². The van der Waals surface area contributed by atoms with Crippen molar-refractivity contribution in [2.24, 2.45) is 0 Å². The molecule has 0 aliphatic rings. The number of hydrogen-bond donors (Lipinski definition) is 3. The van der Waals surface area contributed by atoms with E-state index in [0.717, 1.165) is 17.2 Å². The summed E-state index contributed by atoms with van der Waals surface area (Å²) in [6.07, 6.45) is 1.48. The van der Waals surface area contributed by atoms with Crippen LogP contribution < -0.4 is 10.9 Å². The highest BCUT2D eigenvalue weighted by molar-refractivity contribution is 5.98. The molecule has 3 N–H and O–H groups in total. The maximum atomic E-state index is 11.9. The fourth-order valence-corrected chi connectivity index (χ4v) is 1.82. The highest BCUT2D eigenvalue weighted by Gasteiger charge is 2.06. The van der Waals surface area contributed by atoms with Gasteiger partial charge in [-0.3, -0.25) is 20.4 Å². The van der Waals surface area contributed by atoms with Gasteiger partial charge < -0.3 is 5.11 Å². The predicted octanol–water partition coefficient (Wildman–Crippen LogP) is 1.76. The fraction of sp³-hybridized carbons (Fsp3) is 0. The second-order valence-corrected chi connectivity index (χ2v) is 4.56. The number of benzene rings is 2. The third kappa shape index (κ3) is 4.82. The van der Waals surface area contributed by atoms with E-state index in [4.69, 9.17) is 5.11 Å². The van der Waals surface area contributed by atoms with E-state index in [-0.39, 0.29) is 0 Å². The Kier molecular flexibility index (Phi) is 5.25. The van der Waals surface area contributed by atoms with E-state index in [0.29, 0.717) is 11.6 Å². The lowest BCUT2D eigenvalue weighted by molar-refractivity contribution is -0.131. The van der Waals surface area contributed by atoms with Crippen molar-refractivity contribution in [3.63, 3.8) is 0 Å². The van der Waals surface area contributed by atoms with Crippen LogP contribution in [0.4, 0.5) is 0 Å². The molecule has 0 saturated carbocycles. The summed E-state index contributed by atoms with van der Waals surface area (Å²) in [5.74, 6) is -2.48. The Bertz CT molecular complexity index is 737. The van der Waals surface area contributed by atoms with Crippen LogP contribution in [0.2, 0.25) is 0 Å². The van der Waals surface area contributed by atoms with E-state index in [1.807, 2.05) is 30.3 Å². The minimum atomic E-state index is -1.25. The summed E-state index contributed by atoms with van der Waals surface area (Å²) < 4.78 is 0. The second kappa shape index (κ2) is 7.56. The molecule has 23 heavy (non-hydrogen) atoms. The number of carbonyl (C=O) groups excluding carboxylic acids is 2. The van der Waals surface area contributed by atoms with Crippen molar-refractivity contribution in [3.8, 4) is 11.1 Å². The normalized spacial score (nSPS) is 10.3. The first-order valence-corrected chi connectivity index (χ1v) is 6.73. The largest absolute Gasteiger partial charge is 0.478 e. The van der Waals surface area contributed by atoms with Gasteiger partial charge in [0.25, 0.3) is 11.8 Å². The Balaban J connectivity index is 1.95. The molecule has 6 heteroatoms. The maximum Gasteiger partial charge on any atom is 0.328 e. The van der Waals surface area contributed by atoms with E-state index >= 15 is 0 Å². The van der Waals surface area contributed by atoms with Gasteiger partial charge in [0.2, 0.25) is 0 Å². The number of amides is 2. The van der Waals surface area contributed by atoms with Crippen molar-refractivity contribution >= 4 is 17.8 Å². The van der Waals surface area contributed by atoms with Gasteiger partial charge in [-0.15, -0.1) is 0 Å². The van der Waals surface area contributed by atoms with E-state index in [9.17, 15) is 14.4 Å². The molecule has 0 spiro atoms. The minimum absolute atomic E-state index is 0.368. The average Bonchev–Trinajstić information content (AvgIpc) is 2.58. The quantitative estimate of drug-likeness (QED) is 0.592. The van der Waals surface area contributed by atoms with Crippen LogP contribution in [0.1, 0.15) is 10.4 Å². The summed E-state index contributed by atoms with van der Waals surface area (Å²) in [5.41, 5.74) is 6.66. The topological polar surface area (TPSA) is 95.5 Å². The number of nitrogens with one attached hydrogen (secondary N) is 2. The molecule has 0 atom stereocenters. The molecule has 2 amide bonds. The van der Waals surface area contributed by atoms with E-state index in [1.165, 1.54) is 0 Å². The molecule has 0 saturated heterocycles. The first kappa shape index (κ1) is 16.0. The molecule has 0 radical (unpaired) electrons. The monoisotopic (exact) mass is 310 g/mol. The van der Waals surface area contributed by atoms with Gasteiger partial charge in [0.05, 0.1) is 0 Å². The lowest BCUT2D eigenvalue weighted by Gasteiger charge is -2.06. The minimum Gasteiger partial charge on any atom is -0.478 e. The Morgan fingerprint density at radius 3 is 2.00 bits per heavy atom. The molecule has 0 unspecified atom stereocenters. The van der Waals surface area contributed by atoms with Crippen LogP contribution in [0.3, 0.4) is 0 Å². The molecule has 0 aliphatic heterocycles. The van der Waals surface area contributed by atoms with Crippen LogP contribution in [-0.4, -0.2) is 22.9 Å². The first-order chi connectivity index (χ1) is 11.1. The predicted molar refractivity (Wildman–Crippen MR) is 84.3 cm³/mol. The Morgan fingerprint density at radius 1 is 0.783 bits per heavy atom. The van der Waals surface area contributed by atoms with Crippen molar-refractivity contribution < 1.29 is 19.5 Å². The zero-order valence-electron chi connectivity index (χ0n) is 12.0. The molecule has 116 valence electrons. The Hall–Kier alpha value is -3.41. The smallest absolute Gasteiger partial charge is 0.328 e. The van der Waals surface area contributed by atoms with Gasteiger partial charge in [0.1, 0.15) is 0 Å². The lowest BCUT2D eigenvalue weighted by atomic mass is 10.0. The van der Waals surface area contributed by atoms with Crippen LogP contribution in [0.25, 0.3) is 11.1 Å². The summed E-state index contributed by atoms with van der Waals surface area (Å²) in [6.45, 7) is 0. The number of carboxylic acids is 1. The SMILES string of the molecule is O=C(O)C=CC(=O)NNC(=O)c1ccc(-c2ccccc2)cc1. The zero-order valence-corrected chi connectivity index (χ0v) is 12.0. The molecule has 0 fully saturated rings. The van der Waals surface area contributed by atoms with E-state index in [1.54, 1.807) is 24.3 Å². The van der Waals surface area contributed by atoms with Crippen molar-refractivity contribution in [2.45, 2.75) is 0 Å².